The summed E-state index contributed by atoms with van der Waals surface area (Å²) in [6.07, 6.45) is 1.44. The maximum atomic E-state index is 12.1. The normalized spacial score (nSPS) is 10.1. The van der Waals surface area contributed by atoms with E-state index in [-0.39, 0.29) is 24.1 Å². The number of hydrogen-bond acceptors (Lipinski definition) is 5. The van der Waals surface area contributed by atoms with Crippen molar-refractivity contribution in [1.82, 2.24) is 0 Å². The lowest BCUT2D eigenvalue weighted by Gasteiger charge is -2.10. The van der Waals surface area contributed by atoms with Crippen LogP contribution in [0.3, 0.4) is 0 Å². The topological polar surface area (TPSA) is 92.6 Å². The maximum absolute atomic E-state index is 12.1. The minimum absolute atomic E-state index is 0.0762. The zero-order valence-electron chi connectivity index (χ0n) is 14.7. The van der Waals surface area contributed by atoms with E-state index in [0.717, 1.165) is 0 Å². The molecule has 0 aliphatic heterocycles. The summed E-state index contributed by atoms with van der Waals surface area (Å²) in [5.74, 6) is 0.355. The van der Waals surface area contributed by atoms with Crippen LogP contribution in [0.15, 0.2) is 71.3 Å². The van der Waals surface area contributed by atoms with Gasteiger partial charge >= 0.3 is 0 Å². The summed E-state index contributed by atoms with van der Waals surface area (Å²) in [6, 6.07) is 17.4. The molecule has 0 aliphatic rings. The SMILES string of the molecule is COc1cccc(NC(=O)CNc2cccc(NC(=O)c3ccco3)c2)c1. The number of nitrogens with one attached hydrogen (secondary N) is 3. The molecular formula is C20H19N3O4. The summed E-state index contributed by atoms with van der Waals surface area (Å²) in [6.45, 7) is 0.0762. The van der Waals surface area contributed by atoms with Crippen molar-refractivity contribution in [3.8, 4) is 5.75 Å². The third-order valence-electron chi connectivity index (χ3n) is 3.67. The van der Waals surface area contributed by atoms with Gasteiger partial charge < -0.3 is 25.1 Å². The first-order chi connectivity index (χ1) is 13.1. The summed E-state index contributed by atoms with van der Waals surface area (Å²) < 4.78 is 10.2. The number of carbonyl (C=O) groups excluding carboxylic acids is 2. The van der Waals surface area contributed by atoms with Crippen LogP contribution in [0.1, 0.15) is 10.6 Å². The summed E-state index contributed by atoms with van der Waals surface area (Å²) in [7, 11) is 1.57. The number of hydrogen-bond donors (Lipinski definition) is 3. The molecule has 2 aromatic carbocycles. The van der Waals surface area contributed by atoms with Crippen LogP contribution in [0.25, 0.3) is 0 Å². The Morgan fingerprint density at radius 3 is 2.41 bits per heavy atom. The molecular weight excluding hydrogens is 346 g/mol. The molecule has 2 amide bonds. The Morgan fingerprint density at radius 1 is 0.926 bits per heavy atom. The number of anilines is 3. The highest BCUT2D eigenvalue weighted by molar-refractivity contribution is 6.02. The first-order valence-electron chi connectivity index (χ1n) is 8.27. The number of ether oxygens (including phenoxy) is 1. The largest absolute Gasteiger partial charge is 0.497 e. The highest BCUT2D eigenvalue weighted by Crippen LogP contribution is 2.18. The molecule has 7 nitrogen and oxygen atoms in total. The molecule has 3 N–H and O–H groups in total. The summed E-state index contributed by atoms with van der Waals surface area (Å²) in [4.78, 5) is 24.1. The number of carbonyl (C=O) groups is 2. The molecule has 0 bridgehead atoms. The number of benzene rings is 2. The molecule has 3 aromatic rings. The Kier molecular flexibility index (Phi) is 5.73. The van der Waals surface area contributed by atoms with Crippen LogP contribution in [0.5, 0.6) is 5.75 Å². The van der Waals surface area contributed by atoms with Gasteiger partial charge in [-0.1, -0.05) is 12.1 Å². The van der Waals surface area contributed by atoms with Gasteiger partial charge in [-0.25, -0.2) is 0 Å². The van der Waals surface area contributed by atoms with E-state index in [0.29, 0.717) is 22.8 Å². The third-order valence-corrected chi connectivity index (χ3v) is 3.67. The quantitative estimate of drug-likeness (QED) is 0.595. The second kappa shape index (κ2) is 8.57. The van der Waals surface area contributed by atoms with E-state index in [1.54, 1.807) is 67.8 Å². The molecule has 0 radical (unpaired) electrons. The molecule has 138 valence electrons. The van der Waals surface area contributed by atoms with E-state index in [1.165, 1.54) is 6.26 Å². The van der Waals surface area contributed by atoms with E-state index >= 15 is 0 Å². The smallest absolute Gasteiger partial charge is 0.291 e. The highest BCUT2D eigenvalue weighted by atomic mass is 16.5. The van der Waals surface area contributed by atoms with Gasteiger partial charge in [0.1, 0.15) is 5.75 Å². The van der Waals surface area contributed by atoms with Gasteiger partial charge in [-0.2, -0.15) is 0 Å². The number of methoxy groups -OCH3 is 1. The molecule has 1 aromatic heterocycles. The fraction of sp³-hybridized carbons (Fsp3) is 0.100. The monoisotopic (exact) mass is 365 g/mol. The van der Waals surface area contributed by atoms with Gasteiger partial charge in [-0.05, 0) is 42.5 Å². The predicted octanol–water partition coefficient (Wildman–Crippen LogP) is 3.59. The van der Waals surface area contributed by atoms with Gasteiger partial charge in [0.15, 0.2) is 5.76 Å². The average Bonchev–Trinajstić information content (AvgIpc) is 3.22. The molecule has 7 heteroatoms. The first kappa shape index (κ1) is 18.1. The Morgan fingerprint density at radius 2 is 1.67 bits per heavy atom. The molecule has 0 atom stereocenters. The standard InChI is InChI=1S/C20H19N3O4/c1-26-17-8-3-7-16(12-17)22-19(24)13-21-14-5-2-6-15(11-14)23-20(25)18-9-4-10-27-18/h2-12,21H,13H2,1H3,(H,22,24)(H,23,25). The zero-order valence-corrected chi connectivity index (χ0v) is 14.7. The Bertz CT molecular complexity index is 922. The van der Waals surface area contributed by atoms with Crippen LogP contribution < -0.4 is 20.7 Å². The van der Waals surface area contributed by atoms with E-state index in [9.17, 15) is 9.59 Å². The number of amides is 2. The van der Waals surface area contributed by atoms with Crippen molar-refractivity contribution >= 4 is 28.9 Å². The number of furan rings is 1. The maximum Gasteiger partial charge on any atom is 0.291 e. The van der Waals surface area contributed by atoms with Gasteiger partial charge in [0.05, 0.1) is 19.9 Å². The second-order valence-electron chi connectivity index (χ2n) is 5.65. The van der Waals surface area contributed by atoms with E-state index < -0.39 is 0 Å². The van der Waals surface area contributed by atoms with Crippen LogP contribution in [-0.2, 0) is 4.79 Å². The highest BCUT2D eigenvalue weighted by Gasteiger charge is 2.09. The third kappa shape index (κ3) is 5.12. The molecule has 1 heterocycles. The predicted molar refractivity (Wildman–Crippen MR) is 103 cm³/mol. The van der Waals surface area contributed by atoms with Crippen molar-refractivity contribution in [2.24, 2.45) is 0 Å². The molecule has 0 fully saturated rings. The first-order valence-corrected chi connectivity index (χ1v) is 8.27. The second-order valence-corrected chi connectivity index (χ2v) is 5.65. The minimum Gasteiger partial charge on any atom is -0.497 e. The van der Waals surface area contributed by atoms with Crippen LogP contribution in [0.4, 0.5) is 17.1 Å². The summed E-state index contributed by atoms with van der Waals surface area (Å²) in [5.41, 5.74) is 1.95. The van der Waals surface area contributed by atoms with Crippen molar-refractivity contribution < 1.29 is 18.7 Å². The number of rotatable bonds is 7. The lowest BCUT2D eigenvalue weighted by atomic mass is 10.2. The van der Waals surface area contributed by atoms with Crippen molar-refractivity contribution in [2.45, 2.75) is 0 Å². The van der Waals surface area contributed by atoms with Crippen molar-refractivity contribution in [2.75, 3.05) is 29.6 Å². The van der Waals surface area contributed by atoms with E-state index in [2.05, 4.69) is 16.0 Å². The molecule has 0 saturated carbocycles. The molecule has 3 rings (SSSR count). The Hall–Kier alpha value is -3.74. The molecule has 0 unspecified atom stereocenters. The zero-order chi connectivity index (χ0) is 19.1. The van der Waals surface area contributed by atoms with E-state index in [1.807, 2.05) is 0 Å². The van der Waals surface area contributed by atoms with Crippen LogP contribution >= 0.6 is 0 Å². The van der Waals surface area contributed by atoms with Crippen LogP contribution in [0, 0.1) is 0 Å². The van der Waals surface area contributed by atoms with Gasteiger partial charge in [0, 0.05) is 23.1 Å². The molecule has 0 aliphatic carbocycles. The van der Waals surface area contributed by atoms with E-state index in [4.69, 9.17) is 9.15 Å². The molecule has 0 saturated heterocycles. The fourth-order valence-corrected chi connectivity index (χ4v) is 2.40. The Labute approximate surface area is 156 Å². The lowest BCUT2D eigenvalue weighted by Crippen LogP contribution is -2.21. The summed E-state index contributed by atoms with van der Waals surface area (Å²) >= 11 is 0. The van der Waals surface area contributed by atoms with Crippen LogP contribution in [0.2, 0.25) is 0 Å². The fourth-order valence-electron chi connectivity index (χ4n) is 2.40. The lowest BCUT2D eigenvalue weighted by molar-refractivity contribution is -0.114. The minimum atomic E-state index is -0.340. The summed E-state index contributed by atoms with van der Waals surface area (Å²) in [5, 5.41) is 8.55. The Balaban J connectivity index is 1.54. The van der Waals surface area contributed by atoms with Crippen molar-refractivity contribution in [1.29, 1.82) is 0 Å². The van der Waals surface area contributed by atoms with Crippen molar-refractivity contribution in [3.63, 3.8) is 0 Å². The van der Waals surface area contributed by atoms with Gasteiger partial charge in [0.2, 0.25) is 5.91 Å². The van der Waals surface area contributed by atoms with Gasteiger partial charge in [-0.15, -0.1) is 0 Å². The molecule has 0 spiro atoms. The van der Waals surface area contributed by atoms with Crippen molar-refractivity contribution in [3.05, 3.63) is 72.7 Å². The average molecular weight is 365 g/mol. The van der Waals surface area contributed by atoms with Gasteiger partial charge in [0.25, 0.3) is 5.91 Å². The van der Waals surface area contributed by atoms with Gasteiger partial charge in [-0.3, -0.25) is 9.59 Å². The van der Waals surface area contributed by atoms with Crippen LogP contribution in [-0.4, -0.2) is 25.5 Å². The molecule has 27 heavy (non-hydrogen) atoms.